The van der Waals surface area contributed by atoms with E-state index in [9.17, 15) is 4.79 Å². The number of aryl methyl sites for hydroxylation is 1. The van der Waals surface area contributed by atoms with Crippen LogP contribution in [0.2, 0.25) is 0 Å². The summed E-state index contributed by atoms with van der Waals surface area (Å²) in [6.45, 7) is 1.59. The molecule has 0 radical (unpaired) electrons. The predicted octanol–water partition coefficient (Wildman–Crippen LogP) is 2.47. The van der Waals surface area contributed by atoms with Crippen molar-refractivity contribution < 1.29 is 4.79 Å². The number of nitrogens with one attached hydrogen (secondary N) is 2. The Hall–Kier alpha value is -2.43. The van der Waals surface area contributed by atoms with Crippen molar-refractivity contribution in [2.75, 3.05) is 0 Å². The first kappa shape index (κ1) is 11.6. The van der Waals surface area contributed by atoms with Gasteiger partial charge in [-0.1, -0.05) is 6.07 Å². The van der Waals surface area contributed by atoms with Crippen LogP contribution in [-0.4, -0.2) is 25.7 Å². The molecule has 5 heteroatoms. The zero-order valence-corrected chi connectivity index (χ0v) is 10.6. The van der Waals surface area contributed by atoms with Crippen LogP contribution in [0.25, 0.3) is 22.3 Å². The fourth-order valence-corrected chi connectivity index (χ4v) is 2.03. The van der Waals surface area contributed by atoms with E-state index >= 15 is 0 Å². The van der Waals surface area contributed by atoms with Crippen LogP contribution in [0.1, 0.15) is 19.2 Å². The van der Waals surface area contributed by atoms with Crippen molar-refractivity contribution >= 4 is 16.8 Å². The topological polar surface area (TPSA) is 74.4 Å². The van der Waals surface area contributed by atoms with Gasteiger partial charge in [-0.25, -0.2) is 9.97 Å². The van der Waals surface area contributed by atoms with E-state index in [1.807, 2.05) is 18.2 Å². The number of fused-ring (bicyclic) bond motifs is 1. The Morgan fingerprint density at radius 3 is 3.05 bits per heavy atom. The molecule has 0 saturated heterocycles. The van der Waals surface area contributed by atoms with Gasteiger partial charge in [-0.15, -0.1) is 0 Å². The van der Waals surface area contributed by atoms with Crippen LogP contribution in [0, 0.1) is 0 Å². The van der Waals surface area contributed by atoms with E-state index in [-0.39, 0.29) is 5.78 Å². The Kier molecular flexibility index (Phi) is 2.87. The molecule has 0 fully saturated rings. The number of Topliss-reactive ketones (excluding diaryl/α,β-unsaturated/α-hetero) is 1. The van der Waals surface area contributed by atoms with E-state index in [2.05, 4.69) is 19.9 Å². The number of rotatable bonds is 4. The molecule has 0 aliphatic heterocycles. The van der Waals surface area contributed by atoms with Gasteiger partial charge >= 0.3 is 0 Å². The lowest BCUT2D eigenvalue weighted by molar-refractivity contribution is -0.117. The smallest absolute Gasteiger partial charge is 0.130 e. The van der Waals surface area contributed by atoms with Crippen molar-refractivity contribution in [3.05, 3.63) is 36.5 Å². The molecule has 0 unspecified atom stereocenters. The highest BCUT2D eigenvalue weighted by molar-refractivity contribution is 5.80. The molecule has 0 aliphatic carbocycles. The van der Waals surface area contributed by atoms with Gasteiger partial charge in [0.05, 0.1) is 29.3 Å². The first-order valence-electron chi connectivity index (χ1n) is 6.19. The summed E-state index contributed by atoms with van der Waals surface area (Å²) in [4.78, 5) is 25.8. The molecule has 0 saturated carbocycles. The van der Waals surface area contributed by atoms with Gasteiger partial charge in [-0.3, -0.25) is 0 Å². The van der Waals surface area contributed by atoms with Gasteiger partial charge in [-0.2, -0.15) is 0 Å². The maximum absolute atomic E-state index is 11.0. The molecule has 0 bridgehead atoms. The highest BCUT2D eigenvalue weighted by Gasteiger charge is 2.06. The number of hydrogen-bond donors (Lipinski definition) is 2. The van der Waals surface area contributed by atoms with Crippen molar-refractivity contribution in [3.8, 4) is 11.3 Å². The van der Waals surface area contributed by atoms with Gasteiger partial charge in [-0.05, 0) is 19.1 Å². The molecule has 3 rings (SSSR count). The normalized spacial score (nSPS) is 11.0. The first-order valence-corrected chi connectivity index (χ1v) is 6.19. The number of nitrogens with zero attached hydrogens (tertiary/aromatic N) is 2. The summed E-state index contributed by atoms with van der Waals surface area (Å²) in [7, 11) is 0. The monoisotopic (exact) mass is 254 g/mol. The quantitative estimate of drug-likeness (QED) is 0.751. The Morgan fingerprint density at radius 1 is 1.32 bits per heavy atom. The second kappa shape index (κ2) is 4.68. The maximum atomic E-state index is 11.0. The van der Waals surface area contributed by atoms with Crippen LogP contribution < -0.4 is 0 Å². The molecule has 2 heterocycles. The van der Waals surface area contributed by atoms with Gasteiger partial charge in [0, 0.05) is 18.4 Å². The highest BCUT2D eigenvalue weighted by atomic mass is 16.1. The summed E-state index contributed by atoms with van der Waals surface area (Å²) in [6.07, 6.45) is 4.65. The molecule has 2 N–H and O–H groups in total. The van der Waals surface area contributed by atoms with Gasteiger partial charge in [0.2, 0.25) is 0 Å². The third kappa shape index (κ3) is 2.40. The average molecular weight is 254 g/mol. The molecule has 96 valence electrons. The molecular formula is C14H14N4O. The molecule has 5 nitrogen and oxygen atoms in total. The number of H-pyrrole nitrogens is 2. The van der Waals surface area contributed by atoms with Crippen LogP contribution in [0.15, 0.2) is 30.7 Å². The van der Waals surface area contributed by atoms with Crippen molar-refractivity contribution in [2.45, 2.75) is 19.8 Å². The summed E-state index contributed by atoms with van der Waals surface area (Å²) in [5.41, 5.74) is 3.95. The third-order valence-corrected chi connectivity index (χ3v) is 3.07. The van der Waals surface area contributed by atoms with Crippen LogP contribution in [-0.2, 0) is 11.2 Å². The van der Waals surface area contributed by atoms with E-state index in [4.69, 9.17) is 0 Å². The Bertz CT molecular complexity index is 726. The Labute approximate surface area is 110 Å². The fraction of sp³-hybridized carbons (Fsp3) is 0.214. The minimum absolute atomic E-state index is 0.178. The standard InChI is InChI=1S/C14H14N4O/c1-9(19)2-5-14-15-7-13(18-14)10-3-4-11-12(6-10)17-8-16-11/h3-4,6-8H,2,5H2,1H3,(H,15,18)(H,16,17). The van der Waals surface area contributed by atoms with Crippen LogP contribution in [0.5, 0.6) is 0 Å². The van der Waals surface area contributed by atoms with Crippen molar-refractivity contribution in [1.29, 1.82) is 0 Å². The van der Waals surface area contributed by atoms with E-state index in [1.165, 1.54) is 0 Å². The molecule has 19 heavy (non-hydrogen) atoms. The van der Waals surface area contributed by atoms with Gasteiger partial charge in [0.1, 0.15) is 11.6 Å². The lowest BCUT2D eigenvalue weighted by Crippen LogP contribution is -1.95. The van der Waals surface area contributed by atoms with Gasteiger partial charge in [0.25, 0.3) is 0 Å². The fourth-order valence-electron chi connectivity index (χ4n) is 2.03. The SMILES string of the molecule is CC(=O)CCc1ncc(-c2ccc3nc[nH]c3c2)[nH]1. The molecule has 0 spiro atoms. The molecule has 0 atom stereocenters. The zero-order chi connectivity index (χ0) is 13.2. The van der Waals surface area contributed by atoms with Crippen LogP contribution >= 0.6 is 0 Å². The minimum Gasteiger partial charge on any atom is -0.345 e. The van der Waals surface area contributed by atoms with Crippen molar-refractivity contribution in [2.24, 2.45) is 0 Å². The zero-order valence-electron chi connectivity index (χ0n) is 10.6. The summed E-state index contributed by atoms with van der Waals surface area (Å²) in [5.74, 6) is 1.02. The number of carbonyl (C=O) groups excluding carboxylic acids is 1. The molecule has 1 aromatic carbocycles. The van der Waals surface area contributed by atoms with Crippen molar-refractivity contribution in [1.82, 2.24) is 19.9 Å². The van der Waals surface area contributed by atoms with E-state index in [1.54, 1.807) is 19.4 Å². The number of hydrogen-bond acceptors (Lipinski definition) is 3. The minimum atomic E-state index is 0.178. The van der Waals surface area contributed by atoms with Crippen LogP contribution in [0.4, 0.5) is 0 Å². The maximum Gasteiger partial charge on any atom is 0.130 e. The highest BCUT2D eigenvalue weighted by Crippen LogP contribution is 2.21. The number of carbonyl (C=O) groups is 1. The second-order valence-corrected chi connectivity index (χ2v) is 4.58. The Balaban J connectivity index is 1.86. The van der Waals surface area contributed by atoms with Crippen molar-refractivity contribution in [3.63, 3.8) is 0 Å². The molecular weight excluding hydrogens is 240 g/mol. The number of imidazole rings is 2. The summed E-state index contributed by atoms with van der Waals surface area (Å²) >= 11 is 0. The third-order valence-electron chi connectivity index (χ3n) is 3.07. The lowest BCUT2D eigenvalue weighted by Gasteiger charge is -1.98. The van der Waals surface area contributed by atoms with E-state index in [0.717, 1.165) is 28.1 Å². The molecule has 3 aromatic rings. The molecule has 0 aliphatic rings. The number of aromatic amines is 2. The van der Waals surface area contributed by atoms with E-state index < -0.39 is 0 Å². The molecule has 2 aromatic heterocycles. The molecule has 0 amide bonds. The Morgan fingerprint density at radius 2 is 2.21 bits per heavy atom. The number of ketones is 1. The second-order valence-electron chi connectivity index (χ2n) is 4.58. The lowest BCUT2D eigenvalue weighted by atomic mass is 10.1. The van der Waals surface area contributed by atoms with Crippen LogP contribution in [0.3, 0.4) is 0 Å². The summed E-state index contributed by atoms with van der Waals surface area (Å²) in [6, 6.07) is 6.01. The predicted molar refractivity (Wildman–Crippen MR) is 72.7 cm³/mol. The van der Waals surface area contributed by atoms with E-state index in [0.29, 0.717) is 12.8 Å². The van der Waals surface area contributed by atoms with Gasteiger partial charge < -0.3 is 14.8 Å². The largest absolute Gasteiger partial charge is 0.345 e. The summed E-state index contributed by atoms with van der Waals surface area (Å²) in [5, 5.41) is 0. The summed E-state index contributed by atoms with van der Waals surface area (Å²) < 4.78 is 0. The number of benzene rings is 1. The first-order chi connectivity index (χ1) is 9.22. The average Bonchev–Trinajstić information content (AvgIpc) is 3.04. The van der Waals surface area contributed by atoms with Gasteiger partial charge in [0.15, 0.2) is 0 Å². The number of aromatic nitrogens is 4.